The van der Waals surface area contributed by atoms with Crippen molar-refractivity contribution in [2.45, 2.75) is 54.1 Å². The Balaban J connectivity index is 4.73. The van der Waals surface area contributed by atoms with Crippen molar-refractivity contribution in [2.75, 3.05) is 0 Å². The number of allylic oxidation sites excluding steroid dienone is 1. The average Bonchev–Trinajstić information content (AvgIpc) is 1.96. The van der Waals surface area contributed by atoms with E-state index in [1.807, 2.05) is 0 Å². The summed E-state index contributed by atoms with van der Waals surface area (Å²) in [5, 5.41) is 9.98. The molecule has 0 aromatic rings. The Hall–Kier alpha value is -0.300. The van der Waals surface area contributed by atoms with Crippen molar-refractivity contribution in [1.82, 2.24) is 0 Å². The molecule has 0 aliphatic carbocycles. The standard InChI is InChI=1S/C12H24O/c1-7-8-10(12(4,5)6)11(13)9(2)3/h8-9,11,13H,7H2,1-6H3/b10-8-. The molecular weight excluding hydrogens is 160 g/mol. The van der Waals surface area contributed by atoms with Crippen LogP contribution in [0.3, 0.4) is 0 Å². The summed E-state index contributed by atoms with van der Waals surface area (Å²) in [4.78, 5) is 0. The van der Waals surface area contributed by atoms with E-state index in [4.69, 9.17) is 0 Å². The molecule has 0 spiro atoms. The van der Waals surface area contributed by atoms with Crippen LogP contribution in [0.4, 0.5) is 0 Å². The molecule has 1 nitrogen and oxygen atoms in total. The monoisotopic (exact) mass is 184 g/mol. The second-order valence-corrected chi connectivity index (χ2v) is 5.01. The third-order valence-electron chi connectivity index (χ3n) is 2.24. The maximum absolute atomic E-state index is 9.98. The topological polar surface area (TPSA) is 20.2 Å². The van der Waals surface area contributed by atoms with Crippen molar-refractivity contribution < 1.29 is 5.11 Å². The first-order valence-electron chi connectivity index (χ1n) is 5.19. The van der Waals surface area contributed by atoms with Gasteiger partial charge in [-0.3, -0.25) is 0 Å². The number of hydrogen-bond donors (Lipinski definition) is 1. The van der Waals surface area contributed by atoms with Crippen molar-refractivity contribution >= 4 is 0 Å². The summed E-state index contributed by atoms with van der Waals surface area (Å²) in [5.41, 5.74) is 1.25. The minimum atomic E-state index is -0.292. The van der Waals surface area contributed by atoms with Crippen LogP contribution < -0.4 is 0 Å². The lowest BCUT2D eigenvalue weighted by atomic mass is 9.79. The minimum Gasteiger partial charge on any atom is -0.388 e. The second kappa shape index (κ2) is 4.80. The van der Waals surface area contributed by atoms with Crippen LogP contribution >= 0.6 is 0 Å². The first-order valence-corrected chi connectivity index (χ1v) is 5.19. The first-order chi connectivity index (χ1) is 5.80. The lowest BCUT2D eigenvalue weighted by Gasteiger charge is -2.29. The lowest BCUT2D eigenvalue weighted by molar-refractivity contribution is 0.138. The van der Waals surface area contributed by atoms with Gasteiger partial charge in [0.15, 0.2) is 0 Å². The Morgan fingerprint density at radius 1 is 1.31 bits per heavy atom. The van der Waals surface area contributed by atoms with Crippen LogP contribution in [0.2, 0.25) is 0 Å². The molecule has 0 heterocycles. The summed E-state index contributed by atoms with van der Waals surface area (Å²) in [6.07, 6.45) is 2.86. The molecule has 13 heavy (non-hydrogen) atoms. The predicted octanol–water partition coefficient (Wildman–Crippen LogP) is 3.39. The highest BCUT2D eigenvalue weighted by Crippen LogP contribution is 2.31. The SMILES string of the molecule is CC/C=C(/C(O)C(C)C)C(C)(C)C. The maximum atomic E-state index is 9.98. The van der Waals surface area contributed by atoms with Gasteiger partial charge in [0.2, 0.25) is 0 Å². The van der Waals surface area contributed by atoms with E-state index >= 15 is 0 Å². The van der Waals surface area contributed by atoms with Crippen LogP contribution in [0.15, 0.2) is 11.6 Å². The van der Waals surface area contributed by atoms with Crippen molar-refractivity contribution in [1.29, 1.82) is 0 Å². The van der Waals surface area contributed by atoms with Crippen LogP contribution in [0, 0.1) is 11.3 Å². The zero-order valence-corrected chi connectivity index (χ0v) is 9.89. The van der Waals surface area contributed by atoms with Crippen molar-refractivity contribution in [3.05, 3.63) is 11.6 Å². The van der Waals surface area contributed by atoms with Crippen LogP contribution in [0.25, 0.3) is 0 Å². The number of rotatable bonds is 3. The number of aliphatic hydroxyl groups excluding tert-OH is 1. The smallest absolute Gasteiger partial charge is 0.0778 e. The van der Waals surface area contributed by atoms with Gasteiger partial charge in [0.25, 0.3) is 0 Å². The van der Waals surface area contributed by atoms with Crippen molar-refractivity contribution in [3.8, 4) is 0 Å². The molecule has 1 heteroatoms. The van der Waals surface area contributed by atoms with Crippen LogP contribution in [-0.4, -0.2) is 11.2 Å². The Morgan fingerprint density at radius 3 is 2.00 bits per heavy atom. The molecule has 1 N–H and O–H groups in total. The van der Waals surface area contributed by atoms with E-state index in [2.05, 4.69) is 47.6 Å². The quantitative estimate of drug-likeness (QED) is 0.667. The van der Waals surface area contributed by atoms with Crippen molar-refractivity contribution in [2.24, 2.45) is 11.3 Å². The molecule has 0 bridgehead atoms. The number of aliphatic hydroxyl groups is 1. The Bertz CT molecular complexity index is 172. The second-order valence-electron chi connectivity index (χ2n) is 5.01. The van der Waals surface area contributed by atoms with E-state index in [9.17, 15) is 5.11 Å². The maximum Gasteiger partial charge on any atom is 0.0778 e. The first kappa shape index (κ1) is 12.7. The van der Waals surface area contributed by atoms with Gasteiger partial charge >= 0.3 is 0 Å². The Morgan fingerprint density at radius 2 is 1.77 bits per heavy atom. The highest BCUT2D eigenvalue weighted by Gasteiger charge is 2.25. The number of hydrogen-bond acceptors (Lipinski definition) is 1. The molecule has 0 amide bonds. The molecule has 1 unspecified atom stereocenters. The van der Waals surface area contributed by atoms with E-state index in [-0.39, 0.29) is 11.5 Å². The highest BCUT2D eigenvalue weighted by atomic mass is 16.3. The van der Waals surface area contributed by atoms with E-state index in [0.29, 0.717) is 5.92 Å². The fraction of sp³-hybridized carbons (Fsp3) is 0.833. The van der Waals surface area contributed by atoms with Crippen LogP contribution in [-0.2, 0) is 0 Å². The molecule has 0 aliphatic rings. The Kier molecular flexibility index (Phi) is 4.69. The molecule has 1 atom stereocenters. The lowest BCUT2D eigenvalue weighted by Crippen LogP contribution is -2.26. The summed E-state index contributed by atoms with van der Waals surface area (Å²) < 4.78 is 0. The van der Waals surface area contributed by atoms with Gasteiger partial charge < -0.3 is 5.11 Å². The van der Waals surface area contributed by atoms with E-state index in [0.717, 1.165) is 6.42 Å². The van der Waals surface area contributed by atoms with Crippen LogP contribution in [0.1, 0.15) is 48.0 Å². The fourth-order valence-electron chi connectivity index (χ4n) is 1.45. The summed E-state index contributed by atoms with van der Waals surface area (Å²) in [6.45, 7) is 12.7. The van der Waals surface area contributed by atoms with E-state index < -0.39 is 0 Å². The Labute approximate surface area is 82.9 Å². The highest BCUT2D eigenvalue weighted by molar-refractivity contribution is 5.16. The minimum absolute atomic E-state index is 0.0830. The molecule has 0 fully saturated rings. The zero-order chi connectivity index (χ0) is 10.6. The summed E-state index contributed by atoms with van der Waals surface area (Å²) in [6, 6.07) is 0. The normalized spacial score (nSPS) is 16.5. The van der Waals surface area contributed by atoms with Crippen LogP contribution in [0.5, 0.6) is 0 Å². The third kappa shape index (κ3) is 3.95. The molecular formula is C12H24O. The van der Waals surface area contributed by atoms with Crippen molar-refractivity contribution in [3.63, 3.8) is 0 Å². The van der Waals surface area contributed by atoms with Gasteiger partial charge in [-0.15, -0.1) is 0 Å². The predicted molar refractivity (Wildman–Crippen MR) is 58.7 cm³/mol. The third-order valence-corrected chi connectivity index (χ3v) is 2.24. The summed E-state index contributed by atoms with van der Waals surface area (Å²) >= 11 is 0. The van der Waals surface area contributed by atoms with Gasteiger partial charge in [-0.05, 0) is 23.3 Å². The van der Waals surface area contributed by atoms with Gasteiger partial charge in [-0.1, -0.05) is 47.6 Å². The average molecular weight is 184 g/mol. The molecule has 0 aromatic heterocycles. The largest absolute Gasteiger partial charge is 0.388 e. The van der Waals surface area contributed by atoms with Gasteiger partial charge in [-0.25, -0.2) is 0 Å². The molecule has 0 saturated carbocycles. The molecule has 0 saturated heterocycles. The van der Waals surface area contributed by atoms with E-state index in [1.165, 1.54) is 5.57 Å². The van der Waals surface area contributed by atoms with Gasteiger partial charge in [0.1, 0.15) is 0 Å². The van der Waals surface area contributed by atoms with Gasteiger partial charge in [-0.2, -0.15) is 0 Å². The van der Waals surface area contributed by atoms with E-state index in [1.54, 1.807) is 0 Å². The molecule has 0 radical (unpaired) electrons. The molecule has 0 aromatic carbocycles. The molecule has 0 aliphatic heterocycles. The summed E-state index contributed by atoms with van der Waals surface area (Å²) in [5.74, 6) is 0.303. The molecule has 78 valence electrons. The van der Waals surface area contributed by atoms with Gasteiger partial charge in [0, 0.05) is 0 Å². The fourth-order valence-corrected chi connectivity index (χ4v) is 1.45. The van der Waals surface area contributed by atoms with Gasteiger partial charge in [0.05, 0.1) is 6.10 Å². The summed E-state index contributed by atoms with van der Waals surface area (Å²) in [7, 11) is 0. The zero-order valence-electron chi connectivity index (χ0n) is 9.89. The molecule has 0 rings (SSSR count).